The Bertz CT molecular complexity index is 884. The fourth-order valence-corrected chi connectivity index (χ4v) is 3.87. The molecule has 0 spiro atoms. The average molecular weight is 383 g/mol. The van der Waals surface area contributed by atoms with Gasteiger partial charge in [-0.1, -0.05) is 66.8 Å². The number of amidine groups is 1. The summed E-state index contributed by atoms with van der Waals surface area (Å²) in [5, 5.41) is 10.2. The van der Waals surface area contributed by atoms with E-state index in [9.17, 15) is 4.79 Å². The Kier molecular flexibility index (Phi) is 6.14. The Hall–Kier alpha value is -2.51. The fraction of sp³-hybridized carbons (Fsp3) is 0.158. The van der Waals surface area contributed by atoms with Gasteiger partial charge in [0.25, 0.3) is 5.91 Å². The van der Waals surface area contributed by atoms with Crippen molar-refractivity contribution in [2.24, 2.45) is 4.99 Å². The highest BCUT2D eigenvalue weighted by atomic mass is 32.2. The number of hydrogen-bond acceptors (Lipinski definition) is 6. The molecule has 5 nitrogen and oxygen atoms in total. The molecule has 26 heavy (non-hydrogen) atoms. The Morgan fingerprint density at radius 3 is 2.77 bits per heavy atom. The number of aromatic nitrogens is 2. The second-order valence-corrected chi connectivity index (χ2v) is 7.38. The van der Waals surface area contributed by atoms with Crippen molar-refractivity contribution >= 4 is 45.4 Å². The minimum atomic E-state index is -0.0772. The maximum Gasteiger partial charge on any atom is 0.267 e. The normalized spacial score (nSPS) is 17.7. The van der Waals surface area contributed by atoms with E-state index in [1.165, 1.54) is 23.1 Å². The van der Waals surface area contributed by atoms with Gasteiger partial charge in [-0.25, -0.2) is 0 Å². The topological polar surface area (TPSA) is 58.5 Å². The summed E-state index contributed by atoms with van der Waals surface area (Å²) >= 11 is 2.78. The monoisotopic (exact) mass is 382 g/mol. The number of thioether (sulfide) groups is 1. The number of nitrogens with zero attached hydrogens (tertiary/aromatic N) is 4. The van der Waals surface area contributed by atoms with E-state index in [1.54, 1.807) is 11.0 Å². The zero-order valence-electron chi connectivity index (χ0n) is 14.3. The van der Waals surface area contributed by atoms with Crippen molar-refractivity contribution in [3.63, 3.8) is 0 Å². The highest BCUT2D eigenvalue weighted by Gasteiger charge is 2.32. The zero-order valence-corrected chi connectivity index (χ0v) is 16.0. The number of aliphatic imine (C=N–C) groups is 1. The van der Waals surface area contributed by atoms with Gasteiger partial charge in [-0.2, -0.15) is 4.99 Å². The Balaban J connectivity index is 1.82. The molecular weight excluding hydrogens is 364 g/mol. The maximum atomic E-state index is 12.6. The molecule has 3 rings (SSSR count). The van der Waals surface area contributed by atoms with Crippen LogP contribution in [0.5, 0.6) is 0 Å². The van der Waals surface area contributed by atoms with Gasteiger partial charge < -0.3 is 0 Å². The van der Waals surface area contributed by atoms with Crippen molar-refractivity contribution in [3.05, 3.63) is 70.6 Å². The highest BCUT2D eigenvalue weighted by molar-refractivity contribution is 8.18. The van der Waals surface area contributed by atoms with Crippen LogP contribution in [0.3, 0.4) is 0 Å². The van der Waals surface area contributed by atoms with Gasteiger partial charge in [0.15, 0.2) is 5.17 Å². The summed E-state index contributed by atoms with van der Waals surface area (Å²) in [6.45, 7) is 6.16. The number of aryl methyl sites for hydroxylation is 1. The van der Waals surface area contributed by atoms with Gasteiger partial charge in [0.2, 0.25) is 5.13 Å². The molecule has 2 aromatic rings. The third-order valence-electron chi connectivity index (χ3n) is 3.49. The molecule has 0 radical (unpaired) electrons. The van der Waals surface area contributed by atoms with Crippen LogP contribution >= 0.6 is 23.1 Å². The molecule has 1 aliphatic rings. The van der Waals surface area contributed by atoms with E-state index in [1.807, 2.05) is 55.5 Å². The first-order valence-electron chi connectivity index (χ1n) is 8.16. The largest absolute Gasteiger partial charge is 0.282 e. The van der Waals surface area contributed by atoms with Crippen molar-refractivity contribution in [2.45, 2.75) is 13.3 Å². The lowest BCUT2D eigenvalue weighted by Crippen LogP contribution is -2.29. The third kappa shape index (κ3) is 4.36. The lowest BCUT2D eigenvalue weighted by molar-refractivity contribution is -0.121. The summed E-state index contributed by atoms with van der Waals surface area (Å²) in [6, 6.07) is 9.95. The van der Waals surface area contributed by atoms with Gasteiger partial charge in [0, 0.05) is 6.54 Å². The molecule has 0 bridgehead atoms. The smallest absolute Gasteiger partial charge is 0.267 e. The van der Waals surface area contributed by atoms with Gasteiger partial charge in [0.05, 0.1) is 4.91 Å². The number of benzene rings is 1. The summed E-state index contributed by atoms with van der Waals surface area (Å²) < 4.78 is 0. The molecule has 1 aromatic carbocycles. The first-order valence-corrected chi connectivity index (χ1v) is 9.79. The van der Waals surface area contributed by atoms with Gasteiger partial charge in [0.1, 0.15) is 5.01 Å². The van der Waals surface area contributed by atoms with Crippen LogP contribution in [0.25, 0.3) is 6.08 Å². The molecular formula is C19H18N4OS2. The number of hydrogen-bond donors (Lipinski definition) is 0. The summed E-state index contributed by atoms with van der Waals surface area (Å²) in [4.78, 5) is 19.4. The van der Waals surface area contributed by atoms with Gasteiger partial charge in [-0.05, 0) is 29.8 Å². The van der Waals surface area contributed by atoms with E-state index in [2.05, 4.69) is 21.8 Å². The lowest BCUT2D eigenvalue weighted by Gasteiger charge is -2.11. The Labute approximate surface area is 160 Å². The number of carbonyl (C=O) groups is 1. The summed E-state index contributed by atoms with van der Waals surface area (Å²) in [7, 11) is 0. The van der Waals surface area contributed by atoms with Crippen LogP contribution in [0.15, 0.2) is 65.0 Å². The third-order valence-corrected chi connectivity index (χ3v) is 5.47. The van der Waals surface area contributed by atoms with Crippen molar-refractivity contribution < 1.29 is 4.79 Å². The predicted octanol–water partition coefficient (Wildman–Crippen LogP) is 4.45. The van der Waals surface area contributed by atoms with Crippen LogP contribution in [-0.2, 0) is 11.2 Å². The van der Waals surface area contributed by atoms with Crippen LogP contribution in [0.2, 0.25) is 0 Å². The minimum absolute atomic E-state index is 0.0772. The van der Waals surface area contributed by atoms with Crippen LogP contribution in [0.1, 0.15) is 17.5 Å². The SMILES string of the molecule is C=CCN1C(=O)/C(=C\C=C\c2ccccc2)S/C1=N/c1nnc(CC)s1. The van der Waals surface area contributed by atoms with Gasteiger partial charge in [-0.3, -0.25) is 9.69 Å². The van der Waals surface area contributed by atoms with E-state index < -0.39 is 0 Å². The fourth-order valence-electron chi connectivity index (χ4n) is 2.22. The standard InChI is InChI=1S/C19H18N4OS2/c1-3-13-23-17(24)15(12-8-11-14-9-6-5-7-10-14)25-19(23)20-18-22-21-16(4-2)26-18/h3,5-12H,1,4,13H2,2H3/b11-8+,15-12+,20-19+. The molecule has 0 aliphatic carbocycles. The lowest BCUT2D eigenvalue weighted by atomic mass is 10.2. The Morgan fingerprint density at radius 1 is 1.27 bits per heavy atom. The van der Waals surface area contributed by atoms with Crippen molar-refractivity contribution in [1.29, 1.82) is 0 Å². The number of allylic oxidation sites excluding steroid dienone is 2. The van der Waals surface area contributed by atoms with Crippen LogP contribution in [-0.4, -0.2) is 32.7 Å². The predicted molar refractivity (Wildman–Crippen MR) is 109 cm³/mol. The molecule has 0 N–H and O–H groups in total. The maximum absolute atomic E-state index is 12.6. The molecule has 1 amide bonds. The van der Waals surface area contributed by atoms with Crippen molar-refractivity contribution in [1.82, 2.24) is 15.1 Å². The first-order chi connectivity index (χ1) is 12.7. The molecule has 132 valence electrons. The molecule has 0 saturated carbocycles. The quantitative estimate of drug-likeness (QED) is 0.547. The second-order valence-electron chi connectivity index (χ2n) is 5.33. The van der Waals surface area contributed by atoms with Crippen LogP contribution in [0.4, 0.5) is 5.13 Å². The molecule has 7 heteroatoms. The van der Waals surface area contributed by atoms with E-state index in [0.29, 0.717) is 21.7 Å². The molecule has 0 atom stereocenters. The van der Waals surface area contributed by atoms with Crippen LogP contribution in [0, 0.1) is 0 Å². The van der Waals surface area contributed by atoms with Crippen molar-refractivity contribution in [3.8, 4) is 0 Å². The number of amides is 1. The van der Waals surface area contributed by atoms with E-state index in [-0.39, 0.29) is 5.91 Å². The molecule has 1 aromatic heterocycles. The van der Waals surface area contributed by atoms with E-state index in [4.69, 9.17) is 0 Å². The highest BCUT2D eigenvalue weighted by Crippen LogP contribution is 2.33. The summed E-state index contributed by atoms with van der Waals surface area (Å²) in [5.74, 6) is -0.0772. The summed E-state index contributed by atoms with van der Waals surface area (Å²) in [6.07, 6.45) is 8.17. The Morgan fingerprint density at radius 2 is 2.08 bits per heavy atom. The molecule has 1 saturated heterocycles. The molecule has 0 unspecified atom stereocenters. The first kappa shape index (κ1) is 18.3. The van der Waals surface area contributed by atoms with Crippen LogP contribution < -0.4 is 0 Å². The van der Waals surface area contributed by atoms with E-state index >= 15 is 0 Å². The zero-order chi connectivity index (χ0) is 18.4. The van der Waals surface area contributed by atoms with Gasteiger partial charge >= 0.3 is 0 Å². The second kappa shape index (κ2) is 8.73. The average Bonchev–Trinajstić information content (AvgIpc) is 3.23. The minimum Gasteiger partial charge on any atom is -0.282 e. The van der Waals surface area contributed by atoms with Gasteiger partial charge in [-0.15, -0.1) is 16.8 Å². The summed E-state index contributed by atoms with van der Waals surface area (Å²) in [5.41, 5.74) is 1.08. The number of carbonyl (C=O) groups excluding carboxylic acids is 1. The molecule has 1 fully saturated rings. The molecule has 2 heterocycles. The molecule has 1 aliphatic heterocycles. The van der Waals surface area contributed by atoms with E-state index in [0.717, 1.165) is 17.0 Å². The van der Waals surface area contributed by atoms with Crippen molar-refractivity contribution in [2.75, 3.05) is 6.54 Å². The number of rotatable bonds is 6.